The maximum atomic E-state index is 13.0. The van der Waals surface area contributed by atoms with E-state index < -0.39 is 0 Å². The van der Waals surface area contributed by atoms with Crippen LogP contribution in [0.3, 0.4) is 0 Å². The topological polar surface area (TPSA) is 47.4 Å². The summed E-state index contributed by atoms with van der Waals surface area (Å²) in [4.78, 5) is 20.4. The molecular formula is C19H27N3O2. The Hall–Kier alpha value is -1.72. The van der Waals surface area contributed by atoms with E-state index in [1.807, 2.05) is 28.8 Å². The van der Waals surface area contributed by atoms with E-state index in [9.17, 15) is 4.79 Å². The van der Waals surface area contributed by atoms with Gasteiger partial charge >= 0.3 is 0 Å². The van der Waals surface area contributed by atoms with Crippen LogP contribution in [0.2, 0.25) is 0 Å². The first-order valence-electron chi connectivity index (χ1n) is 8.84. The molecule has 1 aliphatic rings. The highest BCUT2D eigenvalue weighted by Crippen LogP contribution is 2.31. The van der Waals surface area contributed by atoms with Crippen LogP contribution in [0.25, 0.3) is 10.9 Å². The third-order valence-electron chi connectivity index (χ3n) is 4.67. The van der Waals surface area contributed by atoms with Gasteiger partial charge in [0.25, 0.3) is 5.56 Å². The summed E-state index contributed by atoms with van der Waals surface area (Å²) in [5.41, 5.74) is 0.839. The molecule has 2 aromatic rings. The molecule has 0 bridgehead atoms. The average molecular weight is 329 g/mol. The Morgan fingerprint density at radius 2 is 2.12 bits per heavy atom. The van der Waals surface area contributed by atoms with E-state index in [0.717, 1.165) is 37.3 Å². The van der Waals surface area contributed by atoms with Crippen LogP contribution in [0.5, 0.6) is 0 Å². The minimum atomic E-state index is 0.0454. The summed E-state index contributed by atoms with van der Waals surface area (Å²) >= 11 is 0. The molecule has 0 N–H and O–H groups in total. The first-order chi connectivity index (χ1) is 11.6. The lowest BCUT2D eigenvalue weighted by Crippen LogP contribution is -2.34. The Kier molecular flexibility index (Phi) is 5.31. The smallest absolute Gasteiger partial charge is 0.261 e. The van der Waals surface area contributed by atoms with Gasteiger partial charge in [0.2, 0.25) is 0 Å². The van der Waals surface area contributed by atoms with Gasteiger partial charge in [0.15, 0.2) is 0 Å². The van der Waals surface area contributed by atoms with Crippen molar-refractivity contribution in [2.24, 2.45) is 5.92 Å². The molecule has 5 heteroatoms. The summed E-state index contributed by atoms with van der Waals surface area (Å²) < 4.78 is 7.05. The van der Waals surface area contributed by atoms with Gasteiger partial charge in [-0.05, 0) is 37.4 Å². The lowest BCUT2D eigenvalue weighted by Gasteiger charge is -2.27. The van der Waals surface area contributed by atoms with Crippen molar-refractivity contribution >= 4 is 10.9 Å². The Balaban J connectivity index is 2.09. The Bertz CT molecular complexity index is 754. The summed E-state index contributed by atoms with van der Waals surface area (Å²) in [7, 11) is 1.67. The van der Waals surface area contributed by atoms with Crippen LogP contribution in [-0.2, 0) is 11.3 Å². The molecule has 2 heterocycles. The van der Waals surface area contributed by atoms with Gasteiger partial charge in [0.05, 0.1) is 30.1 Å². The zero-order chi connectivity index (χ0) is 17.1. The number of ether oxygens (including phenoxy) is 1. The molecule has 5 nitrogen and oxygen atoms in total. The van der Waals surface area contributed by atoms with Crippen LogP contribution in [0, 0.1) is 5.92 Å². The lowest BCUT2D eigenvalue weighted by atomic mass is 10.1. The molecular weight excluding hydrogens is 302 g/mol. The van der Waals surface area contributed by atoms with Crippen molar-refractivity contribution in [2.75, 3.05) is 26.8 Å². The van der Waals surface area contributed by atoms with Crippen molar-refractivity contribution < 1.29 is 4.74 Å². The second-order valence-electron chi connectivity index (χ2n) is 6.98. The zero-order valence-corrected chi connectivity index (χ0v) is 14.9. The molecule has 1 unspecified atom stereocenters. The number of likely N-dealkylation sites (tertiary alicyclic amines) is 1. The maximum Gasteiger partial charge on any atom is 0.261 e. The van der Waals surface area contributed by atoms with Gasteiger partial charge in [-0.1, -0.05) is 26.0 Å². The van der Waals surface area contributed by atoms with Crippen molar-refractivity contribution in [3.8, 4) is 0 Å². The van der Waals surface area contributed by atoms with Crippen LogP contribution in [0.15, 0.2) is 29.1 Å². The second-order valence-corrected chi connectivity index (χ2v) is 6.98. The van der Waals surface area contributed by atoms with E-state index in [-0.39, 0.29) is 11.6 Å². The van der Waals surface area contributed by atoms with Gasteiger partial charge in [-0.3, -0.25) is 14.3 Å². The van der Waals surface area contributed by atoms with Gasteiger partial charge < -0.3 is 4.74 Å². The molecule has 1 saturated heterocycles. The fraction of sp³-hybridized carbons (Fsp3) is 0.579. The van der Waals surface area contributed by atoms with E-state index in [1.165, 1.54) is 0 Å². The summed E-state index contributed by atoms with van der Waals surface area (Å²) in [6.45, 7) is 7.66. The van der Waals surface area contributed by atoms with E-state index in [1.54, 1.807) is 7.11 Å². The van der Waals surface area contributed by atoms with E-state index in [2.05, 4.69) is 18.7 Å². The zero-order valence-electron chi connectivity index (χ0n) is 14.9. The van der Waals surface area contributed by atoms with E-state index in [4.69, 9.17) is 9.72 Å². The van der Waals surface area contributed by atoms with Gasteiger partial charge in [0.1, 0.15) is 5.82 Å². The van der Waals surface area contributed by atoms with Gasteiger partial charge in [-0.15, -0.1) is 0 Å². The van der Waals surface area contributed by atoms with Crippen molar-refractivity contribution in [1.29, 1.82) is 0 Å². The Morgan fingerprint density at radius 1 is 1.33 bits per heavy atom. The van der Waals surface area contributed by atoms with E-state index >= 15 is 0 Å². The van der Waals surface area contributed by atoms with Crippen LogP contribution in [0.1, 0.15) is 38.6 Å². The number of methoxy groups -OCH3 is 1. The highest BCUT2D eigenvalue weighted by atomic mass is 16.5. The molecule has 24 heavy (non-hydrogen) atoms. The average Bonchev–Trinajstić information content (AvgIpc) is 3.01. The largest absolute Gasteiger partial charge is 0.383 e. The number of rotatable bonds is 6. The van der Waals surface area contributed by atoms with Crippen LogP contribution in [0.4, 0.5) is 0 Å². The number of nitrogens with zero attached hydrogens (tertiary/aromatic N) is 3. The Morgan fingerprint density at radius 3 is 2.88 bits per heavy atom. The molecule has 1 fully saturated rings. The third-order valence-corrected chi connectivity index (χ3v) is 4.67. The van der Waals surface area contributed by atoms with Gasteiger partial charge in [-0.25, -0.2) is 4.98 Å². The SMILES string of the molecule is COCCn1c(C2CCCN2CC(C)C)nc2ccccc2c1=O. The number of aromatic nitrogens is 2. The van der Waals surface area contributed by atoms with Crippen molar-refractivity contribution in [2.45, 2.75) is 39.3 Å². The number of benzene rings is 1. The van der Waals surface area contributed by atoms with Gasteiger partial charge in [0, 0.05) is 13.7 Å². The molecule has 1 atom stereocenters. The number of para-hydroxylation sites is 1. The molecule has 0 radical (unpaired) electrons. The third kappa shape index (κ3) is 3.37. The van der Waals surface area contributed by atoms with Crippen molar-refractivity contribution in [3.05, 3.63) is 40.4 Å². The molecule has 0 amide bonds. The molecule has 0 aliphatic carbocycles. The number of hydrogen-bond acceptors (Lipinski definition) is 4. The molecule has 0 spiro atoms. The normalized spacial score (nSPS) is 18.8. The highest BCUT2D eigenvalue weighted by molar-refractivity contribution is 5.77. The summed E-state index contributed by atoms with van der Waals surface area (Å²) in [6, 6.07) is 7.85. The quantitative estimate of drug-likeness (QED) is 0.818. The fourth-order valence-electron chi connectivity index (χ4n) is 3.64. The molecule has 1 aromatic carbocycles. The molecule has 1 aliphatic heterocycles. The predicted octanol–water partition coefficient (Wildman–Crippen LogP) is 2.84. The van der Waals surface area contributed by atoms with Gasteiger partial charge in [-0.2, -0.15) is 0 Å². The minimum Gasteiger partial charge on any atom is -0.383 e. The number of fused-ring (bicyclic) bond motifs is 1. The Labute approximate surface area is 143 Å². The monoisotopic (exact) mass is 329 g/mol. The van der Waals surface area contributed by atoms with Crippen LogP contribution < -0.4 is 5.56 Å². The minimum absolute atomic E-state index is 0.0454. The van der Waals surface area contributed by atoms with Crippen LogP contribution in [-0.4, -0.2) is 41.3 Å². The van der Waals surface area contributed by atoms with Crippen LogP contribution >= 0.6 is 0 Å². The summed E-state index contributed by atoms with van der Waals surface area (Å²) in [6.07, 6.45) is 2.22. The number of hydrogen-bond donors (Lipinski definition) is 0. The molecule has 3 rings (SSSR count). The second kappa shape index (κ2) is 7.45. The lowest BCUT2D eigenvalue weighted by molar-refractivity contribution is 0.177. The predicted molar refractivity (Wildman–Crippen MR) is 96.3 cm³/mol. The summed E-state index contributed by atoms with van der Waals surface area (Å²) in [5, 5.41) is 0.686. The van der Waals surface area contributed by atoms with Crippen molar-refractivity contribution in [1.82, 2.24) is 14.5 Å². The summed E-state index contributed by atoms with van der Waals surface area (Å²) in [5.74, 6) is 1.50. The molecule has 0 saturated carbocycles. The maximum absolute atomic E-state index is 13.0. The standard InChI is InChI=1S/C19H27N3O2/c1-14(2)13-21-10-6-9-17(21)18-20-16-8-5-4-7-15(16)19(23)22(18)11-12-24-3/h4-5,7-8,14,17H,6,9-13H2,1-3H3. The van der Waals surface area contributed by atoms with E-state index in [0.29, 0.717) is 24.5 Å². The highest BCUT2D eigenvalue weighted by Gasteiger charge is 2.30. The first kappa shape index (κ1) is 17.1. The molecule has 130 valence electrons. The first-order valence-corrected chi connectivity index (χ1v) is 8.84. The van der Waals surface area contributed by atoms with Crippen molar-refractivity contribution in [3.63, 3.8) is 0 Å². The fourth-order valence-corrected chi connectivity index (χ4v) is 3.64. The molecule has 1 aromatic heterocycles.